The second kappa shape index (κ2) is 4.87. The van der Waals surface area contributed by atoms with Crippen molar-refractivity contribution in [3.8, 4) is 0 Å². The van der Waals surface area contributed by atoms with Crippen LogP contribution in [0.1, 0.15) is 39.7 Å². The van der Waals surface area contributed by atoms with E-state index in [1.807, 2.05) is 12.3 Å². The topological polar surface area (TPSA) is 17.8 Å². The average Bonchev–Trinajstić information content (AvgIpc) is 2.92. The zero-order valence-corrected chi connectivity index (χ0v) is 13.6. The Kier molecular flexibility index (Phi) is 3.27. The van der Waals surface area contributed by atoms with Crippen LogP contribution >= 0.6 is 0 Å². The van der Waals surface area contributed by atoms with Crippen LogP contribution < -0.4 is 0 Å². The van der Waals surface area contributed by atoms with Crippen LogP contribution in [-0.4, -0.2) is 9.55 Å². The number of aromatic nitrogens is 2. The second-order valence-corrected chi connectivity index (χ2v) is 6.58. The monoisotopic (exact) mass is 280 g/mol. The highest BCUT2D eigenvalue weighted by molar-refractivity contribution is 6.05. The van der Waals surface area contributed by atoms with Gasteiger partial charge < -0.3 is 4.57 Å². The van der Waals surface area contributed by atoms with E-state index >= 15 is 0 Å². The molecule has 0 aliphatic carbocycles. The van der Waals surface area contributed by atoms with Gasteiger partial charge in [0.25, 0.3) is 0 Å². The summed E-state index contributed by atoms with van der Waals surface area (Å²) in [7, 11) is 0. The summed E-state index contributed by atoms with van der Waals surface area (Å²) in [5, 5.41) is 2.55. The molecule has 2 heteroatoms. The molecule has 2 aromatic heterocycles. The van der Waals surface area contributed by atoms with Crippen molar-refractivity contribution >= 4 is 21.8 Å². The van der Waals surface area contributed by atoms with E-state index in [9.17, 15) is 0 Å². The number of nitrogens with zero attached hydrogens (tertiary/aromatic N) is 2. The fraction of sp³-hybridized carbons (Fsp3) is 0.421. The van der Waals surface area contributed by atoms with E-state index < -0.39 is 0 Å². The lowest BCUT2D eigenvalue weighted by Crippen LogP contribution is -2.34. The van der Waals surface area contributed by atoms with E-state index in [-0.39, 0.29) is 5.54 Å². The Balaban J connectivity index is 2.45. The minimum absolute atomic E-state index is 0.111. The van der Waals surface area contributed by atoms with Gasteiger partial charge in [-0.3, -0.25) is 4.98 Å². The van der Waals surface area contributed by atoms with Gasteiger partial charge in [0.1, 0.15) is 0 Å². The normalized spacial score (nSPS) is 15.0. The van der Waals surface area contributed by atoms with Gasteiger partial charge in [-0.25, -0.2) is 0 Å². The highest BCUT2D eigenvalue weighted by Crippen LogP contribution is 2.37. The molecule has 3 aromatic rings. The van der Waals surface area contributed by atoms with Crippen LogP contribution in [0.3, 0.4) is 0 Å². The maximum Gasteiger partial charge on any atom is 0.0945 e. The van der Waals surface area contributed by atoms with Gasteiger partial charge in [0.15, 0.2) is 0 Å². The molecule has 0 saturated heterocycles. The lowest BCUT2D eigenvalue weighted by molar-refractivity contribution is 0.220. The predicted octanol–water partition coefficient (Wildman–Crippen LogP) is 5.28. The first kappa shape index (κ1) is 14.1. The first-order valence-electron chi connectivity index (χ1n) is 7.85. The van der Waals surface area contributed by atoms with Gasteiger partial charge in [-0.1, -0.05) is 26.8 Å². The third-order valence-corrected chi connectivity index (χ3v) is 5.26. The van der Waals surface area contributed by atoms with E-state index in [4.69, 9.17) is 0 Å². The molecular formula is C19H24N2. The lowest BCUT2D eigenvalue weighted by atomic mass is 9.85. The number of benzene rings is 1. The summed E-state index contributed by atoms with van der Waals surface area (Å²) in [6.45, 7) is 11.4. The summed E-state index contributed by atoms with van der Waals surface area (Å²) in [4.78, 5) is 4.67. The van der Waals surface area contributed by atoms with Gasteiger partial charge in [-0.15, -0.1) is 0 Å². The van der Waals surface area contributed by atoms with E-state index in [1.54, 1.807) is 0 Å². The Labute approximate surface area is 126 Å². The molecule has 1 atom stereocenters. The van der Waals surface area contributed by atoms with E-state index in [0.29, 0.717) is 5.92 Å². The van der Waals surface area contributed by atoms with Crippen molar-refractivity contribution in [2.45, 2.75) is 46.6 Å². The van der Waals surface area contributed by atoms with Crippen LogP contribution in [-0.2, 0) is 5.54 Å². The summed E-state index contributed by atoms with van der Waals surface area (Å²) in [5.41, 5.74) is 3.83. The van der Waals surface area contributed by atoms with Crippen molar-refractivity contribution in [2.75, 3.05) is 0 Å². The van der Waals surface area contributed by atoms with Crippen molar-refractivity contribution < 1.29 is 0 Å². The number of aryl methyl sites for hydroxylation is 1. The molecule has 0 radical (unpaired) electrons. The first-order chi connectivity index (χ1) is 9.99. The van der Waals surface area contributed by atoms with Crippen molar-refractivity contribution in [1.29, 1.82) is 0 Å². The standard InChI is InChI=1S/C19H24N2/c1-6-19(5,13(2)3)21-11-9-16-14(4)12-15-8-7-10-20-17(15)18(16)21/h7-13H,6H2,1-5H3. The van der Waals surface area contributed by atoms with Gasteiger partial charge >= 0.3 is 0 Å². The zero-order chi connectivity index (χ0) is 15.2. The number of hydrogen-bond donors (Lipinski definition) is 0. The van der Waals surface area contributed by atoms with Gasteiger partial charge in [-0.2, -0.15) is 0 Å². The Bertz CT molecular complexity index is 798. The smallest absolute Gasteiger partial charge is 0.0945 e. The van der Waals surface area contributed by atoms with Crippen LogP contribution in [0, 0.1) is 12.8 Å². The highest BCUT2D eigenvalue weighted by Gasteiger charge is 2.30. The number of pyridine rings is 1. The molecule has 0 saturated carbocycles. The minimum Gasteiger partial charge on any atom is -0.340 e. The Morgan fingerprint density at radius 2 is 2.05 bits per heavy atom. The van der Waals surface area contributed by atoms with Crippen LogP contribution in [0.5, 0.6) is 0 Å². The van der Waals surface area contributed by atoms with Crippen molar-refractivity contribution in [2.24, 2.45) is 5.92 Å². The van der Waals surface area contributed by atoms with Crippen molar-refractivity contribution in [1.82, 2.24) is 9.55 Å². The molecule has 110 valence electrons. The molecule has 3 rings (SSSR count). The molecule has 0 amide bonds. The summed E-state index contributed by atoms with van der Waals surface area (Å²) in [6, 6.07) is 8.66. The van der Waals surface area contributed by atoms with Crippen LogP contribution in [0.4, 0.5) is 0 Å². The molecule has 21 heavy (non-hydrogen) atoms. The molecule has 0 aliphatic heterocycles. The molecule has 0 spiro atoms. The maximum absolute atomic E-state index is 4.67. The zero-order valence-electron chi connectivity index (χ0n) is 13.6. The molecule has 1 aromatic carbocycles. The highest BCUT2D eigenvalue weighted by atomic mass is 15.1. The Hall–Kier alpha value is -1.83. The minimum atomic E-state index is 0.111. The molecular weight excluding hydrogens is 256 g/mol. The van der Waals surface area contributed by atoms with Crippen LogP contribution in [0.25, 0.3) is 21.8 Å². The third-order valence-electron chi connectivity index (χ3n) is 5.26. The average molecular weight is 280 g/mol. The summed E-state index contributed by atoms with van der Waals surface area (Å²) in [5.74, 6) is 0.567. The largest absolute Gasteiger partial charge is 0.340 e. The third kappa shape index (κ3) is 1.97. The lowest BCUT2D eigenvalue weighted by Gasteiger charge is -2.36. The van der Waals surface area contributed by atoms with Crippen molar-refractivity contribution in [3.05, 3.63) is 42.2 Å². The van der Waals surface area contributed by atoms with E-state index in [0.717, 1.165) is 11.9 Å². The quantitative estimate of drug-likeness (QED) is 0.638. The first-order valence-corrected chi connectivity index (χ1v) is 7.85. The molecule has 0 aliphatic rings. The van der Waals surface area contributed by atoms with Gasteiger partial charge in [-0.05, 0) is 49.9 Å². The molecule has 2 nitrogen and oxygen atoms in total. The molecule has 0 bridgehead atoms. The van der Waals surface area contributed by atoms with E-state index in [2.05, 4.69) is 68.6 Å². The SMILES string of the molecule is CCC(C)(C(C)C)n1ccc2c(C)cc3cccnc3c21. The van der Waals surface area contributed by atoms with Gasteiger partial charge in [0.05, 0.1) is 11.0 Å². The molecule has 0 fully saturated rings. The summed E-state index contributed by atoms with van der Waals surface area (Å²) >= 11 is 0. The van der Waals surface area contributed by atoms with Crippen LogP contribution in [0.15, 0.2) is 36.7 Å². The number of fused-ring (bicyclic) bond motifs is 3. The molecule has 1 unspecified atom stereocenters. The summed E-state index contributed by atoms with van der Waals surface area (Å²) in [6.07, 6.45) is 5.25. The fourth-order valence-electron chi connectivity index (χ4n) is 3.32. The van der Waals surface area contributed by atoms with E-state index in [1.165, 1.54) is 21.9 Å². The fourth-order valence-corrected chi connectivity index (χ4v) is 3.32. The molecule has 0 N–H and O–H groups in total. The van der Waals surface area contributed by atoms with Gasteiger partial charge in [0.2, 0.25) is 0 Å². The van der Waals surface area contributed by atoms with Crippen molar-refractivity contribution in [3.63, 3.8) is 0 Å². The number of hydrogen-bond acceptors (Lipinski definition) is 1. The molecule has 2 heterocycles. The van der Waals surface area contributed by atoms with Gasteiger partial charge in [0, 0.05) is 28.7 Å². The second-order valence-electron chi connectivity index (χ2n) is 6.58. The predicted molar refractivity (Wildman–Crippen MR) is 90.8 cm³/mol. The Morgan fingerprint density at radius 3 is 2.71 bits per heavy atom. The van der Waals surface area contributed by atoms with Crippen LogP contribution in [0.2, 0.25) is 0 Å². The number of rotatable bonds is 3. The Morgan fingerprint density at radius 1 is 1.29 bits per heavy atom. The maximum atomic E-state index is 4.67. The summed E-state index contributed by atoms with van der Waals surface area (Å²) < 4.78 is 2.45.